The number of thiazole rings is 1. The van der Waals surface area contributed by atoms with Crippen molar-refractivity contribution in [1.82, 2.24) is 15.2 Å². The van der Waals surface area contributed by atoms with Crippen LogP contribution in [0.4, 0.5) is 4.39 Å². The summed E-state index contributed by atoms with van der Waals surface area (Å²) >= 11 is 1.68. The molecule has 2 heterocycles. The van der Waals surface area contributed by atoms with E-state index < -0.39 is 0 Å². The molecule has 6 heteroatoms. The van der Waals surface area contributed by atoms with E-state index in [1.54, 1.807) is 23.5 Å². The van der Waals surface area contributed by atoms with Gasteiger partial charge in [-0.05, 0) is 62.4 Å². The van der Waals surface area contributed by atoms with E-state index in [1.165, 1.54) is 12.1 Å². The molecule has 1 aliphatic heterocycles. The summed E-state index contributed by atoms with van der Waals surface area (Å²) in [6.45, 7) is 11.2. The van der Waals surface area contributed by atoms with Crippen molar-refractivity contribution in [3.05, 3.63) is 51.7 Å². The van der Waals surface area contributed by atoms with E-state index in [-0.39, 0.29) is 29.1 Å². The predicted octanol–water partition coefficient (Wildman–Crippen LogP) is 5.10. The van der Waals surface area contributed by atoms with Crippen LogP contribution in [0.15, 0.2) is 29.6 Å². The molecule has 0 radical (unpaired) electrons. The largest absolute Gasteiger partial charge is 0.349 e. The minimum atomic E-state index is -0.253. The number of carbonyl (C=O) groups is 1. The van der Waals surface area contributed by atoms with Gasteiger partial charge in [0, 0.05) is 17.8 Å². The molecular weight excluding hydrogens is 385 g/mol. The lowest BCUT2D eigenvalue weighted by Gasteiger charge is -2.33. The third kappa shape index (κ3) is 6.61. The Hall–Kier alpha value is -1.79. The van der Waals surface area contributed by atoms with Gasteiger partial charge in [0.25, 0.3) is 0 Å². The fourth-order valence-corrected chi connectivity index (χ4v) is 4.52. The molecule has 0 spiro atoms. The van der Waals surface area contributed by atoms with E-state index in [1.807, 2.05) is 6.92 Å². The number of nitrogens with zero attached hydrogens (tertiary/aromatic N) is 2. The topological polar surface area (TPSA) is 45.2 Å². The van der Waals surface area contributed by atoms with E-state index in [9.17, 15) is 9.18 Å². The van der Waals surface area contributed by atoms with Crippen LogP contribution in [-0.2, 0) is 11.3 Å². The Morgan fingerprint density at radius 1 is 1.28 bits per heavy atom. The number of halogens is 1. The zero-order chi connectivity index (χ0) is 21.0. The van der Waals surface area contributed by atoms with Gasteiger partial charge >= 0.3 is 0 Å². The zero-order valence-electron chi connectivity index (χ0n) is 17.9. The third-order valence-corrected chi connectivity index (χ3v) is 6.24. The first-order valence-electron chi connectivity index (χ1n) is 10.4. The lowest BCUT2D eigenvalue weighted by Crippen LogP contribution is -2.42. The van der Waals surface area contributed by atoms with Crippen LogP contribution in [0.1, 0.15) is 62.3 Å². The number of carbonyl (C=O) groups excluding carboxylic acids is 1. The number of aromatic nitrogens is 1. The van der Waals surface area contributed by atoms with Gasteiger partial charge in [0.2, 0.25) is 5.91 Å². The van der Waals surface area contributed by atoms with E-state index in [2.05, 4.69) is 41.4 Å². The molecule has 0 saturated carbocycles. The first-order valence-corrected chi connectivity index (χ1v) is 11.3. The monoisotopic (exact) mass is 417 g/mol. The van der Waals surface area contributed by atoms with Crippen LogP contribution in [0.2, 0.25) is 0 Å². The Bertz CT molecular complexity index is 804. The molecule has 1 aliphatic rings. The van der Waals surface area contributed by atoms with Gasteiger partial charge in [0.15, 0.2) is 0 Å². The van der Waals surface area contributed by atoms with Crippen LogP contribution in [0.25, 0.3) is 0 Å². The molecule has 2 aromatic rings. The molecule has 1 amide bonds. The third-order valence-electron chi connectivity index (χ3n) is 5.42. The number of hydrogen-bond donors (Lipinski definition) is 1. The highest BCUT2D eigenvalue weighted by Gasteiger charge is 2.28. The van der Waals surface area contributed by atoms with Crippen LogP contribution in [0, 0.1) is 24.1 Å². The molecule has 0 aliphatic carbocycles. The summed E-state index contributed by atoms with van der Waals surface area (Å²) in [6.07, 6.45) is 2.54. The number of benzene rings is 1. The van der Waals surface area contributed by atoms with Crippen molar-refractivity contribution in [3.8, 4) is 0 Å². The number of likely N-dealkylation sites (tertiary alicyclic amines) is 1. The summed E-state index contributed by atoms with van der Waals surface area (Å²) in [7, 11) is 0. The SMILES string of the molecule is Cc1nc(CN2CCC(C(=O)NC(CC(C)(C)C)c3ccc(F)cc3)CC2)cs1. The van der Waals surface area contributed by atoms with Crippen LogP contribution in [0.5, 0.6) is 0 Å². The van der Waals surface area contributed by atoms with E-state index in [4.69, 9.17) is 0 Å². The Balaban J connectivity index is 1.57. The van der Waals surface area contributed by atoms with Crippen molar-refractivity contribution in [1.29, 1.82) is 0 Å². The molecule has 1 aromatic carbocycles. The summed E-state index contributed by atoms with van der Waals surface area (Å²) < 4.78 is 13.3. The minimum Gasteiger partial charge on any atom is -0.349 e. The zero-order valence-corrected chi connectivity index (χ0v) is 18.7. The molecule has 1 fully saturated rings. The number of rotatable bonds is 6. The summed E-state index contributed by atoms with van der Waals surface area (Å²) in [4.78, 5) is 19.9. The molecule has 1 saturated heterocycles. The molecule has 4 nitrogen and oxygen atoms in total. The summed E-state index contributed by atoms with van der Waals surface area (Å²) in [6, 6.07) is 6.40. The van der Waals surface area contributed by atoms with Crippen molar-refractivity contribution in [2.45, 2.75) is 59.5 Å². The van der Waals surface area contributed by atoms with Crippen molar-refractivity contribution in [3.63, 3.8) is 0 Å². The minimum absolute atomic E-state index is 0.0336. The Morgan fingerprint density at radius 3 is 2.48 bits per heavy atom. The van der Waals surface area contributed by atoms with E-state index in [0.717, 1.165) is 55.2 Å². The average molecular weight is 418 g/mol. The van der Waals surface area contributed by atoms with Crippen LogP contribution in [-0.4, -0.2) is 28.9 Å². The van der Waals surface area contributed by atoms with E-state index >= 15 is 0 Å². The number of nitrogens with one attached hydrogen (secondary N) is 1. The van der Waals surface area contributed by atoms with Gasteiger partial charge in [-0.3, -0.25) is 9.69 Å². The maximum absolute atomic E-state index is 13.3. The summed E-state index contributed by atoms with van der Waals surface area (Å²) in [5.41, 5.74) is 2.14. The maximum atomic E-state index is 13.3. The molecule has 1 atom stereocenters. The first kappa shape index (κ1) is 21.9. The predicted molar refractivity (Wildman–Crippen MR) is 116 cm³/mol. The van der Waals surface area contributed by atoms with Gasteiger partial charge in [-0.15, -0.1) is 11.3 Å². The molecular formula is C23H32FN3OS. The van der Waals surface area contributed by atoms with Gasteiger partial charge < -0.3 is 5.32 Å². The van der Waals surface area contributed by atoms with Gasteiger partial charge in [0.05, 0.1) is 16.7 Å². The second-order valence-electron chi connectivity index (χ2n) is 9.29. The molecule has 158 valence electrons. The highest BCUT2D eigenvalue weighted by atomic mass is 32.1. The van der Waals surface area contributed by atoms with Crippen molar-refractivity contribution >= 4 is 17.2 Å². The van der Waals surface area contributed by atoms with Crippen molar-refractivity contribution in [2.75, 3.05) is 13.1 Å². The van der Waals surface area contributed by atoms with Gasteiger partial charge in [-0.25, -0.2) is 9.37 Å². The lowest BCUT2D eigenvalue weighted by atomic mass is 9.85. The highest BCUT2D eigenvalue weighted by molar-refractivity contribution is 7.09. The number of hydrogen-bond acceptors (Lipinski definition) is 4. The fraction of sp³-hybridized carbons (Fsp3) is 0.565. The molecule has 3 rings (SSSR count). The smallest absolute Gasteiger partial charge is 0.223 e. The molecule has 29 heavy (non-hydrogen) atoms. The summed E-state index contributed by atoms with van der Waals surface area (Å²) in [5, 5.41) is 6.47. The quantitative estimate of drug-likeness (QED) is 0.711. The number of amides is 1. The summed E-state index contributed by atoms with van der Waals surface area (Å²) in [5.74, 6) is -0.101. The lowest BCUT2D eigenvalue weighted by molar-refractivity contribution is -0.127. The highest BCUT2D eigenvalue weighted by Crippen LogP contribution is 2.30. The molecule has 0 bridgehead atoms. The second kappa shape index (κ2) is 9.35. The van der Waals surface area contributed by atoms with E-state index in [0.29, 0.717) is 0 Å². The Morgan fingerprint density at radius 2 is 1.93 bits per heavy atom. The normalized spacial score (nSPS) is 17.3. The van der Waals surface area contributed by atoms with Gasteiger partial charge in [-0.1, -0.05) is 32.9 Å². The maximum Gasteiger partial charge on any atom is 0.223 e. The van der Waals surface area contributed by atoms with Crippen molar-refractivity contribution < 1.29 is 9.18 Å². The van der Waals surface area contributed by atoms with Crippen LogP contribution in [0.3, 0.4) is 0 Å². The van der Waals surface area contributed by atoms with Crippen LogP contribution < -0.4 is 5.32 Å². The van der Waals surface area contributed by atoms with Gasteiger partial charge in [0.1, 0.15) is 5.82 Å². The van der Waals surface area contributed by atoms with Crippen molar-refractivity contribution in [2.24, 2.45) is 11.3 Å². The molecule has 1 unspecified atom stereocenters. The molecule has 1 aromatic heterocycles. The second-order valence-corrected chi connectivity index (χ2v) is 10.3. The van der Waals surface area contributed by atoms with Crippen LogP contribution >= 0.6 is 11.3 Å². The molecule has 1 N–H and O–H groups in total. The standard InChI is InChI=1S/C23H32FN3OS/c1-16-25-20(15-29-16)14-27-11-9-18(10-12-27)22(28)26-21(13-23(2,3)4)17-5-7-19(24)8-6-17/h5-8,15,18,21H,9-14H2,1-4H3,(H,26,28). The first-order chi connectivity index (χ1) is 13.7. The Labute approximate surface area is 177 Å². The fourth-order valence-electron chi connectivity index (χ4n) is 3.91. The van der Waals surface area contributed by atoms with Gasteiger partial charge in [-0.2, -0.15) is 0 Å². The average Bonchev–Trinajstić information content (AvgIpc) is 3.06. The number of aryl methyl sites for hydroxylation is 1. The number of piperidine rings is 1. The Kier molecular flexibility index (Phi) is 7.06.